The van der Waals surface area contributed by atoms with Gasteiger partial charge in [0.05, 0.1) is 13.2 Å². The SMILES string of the molecule is COc1ccc(/C=C/C(=O)OC(C)C(=O)[C@H]2C[C@]2(C)[C@H](O)[C@H]2CC=CC(=O)O2)cc1. The van der Waals surface area contributed by atoms with Crippen LogP contribution in [0.3, 0.4) is 0 Å². The number of aliphatic hydroxyl groups is 1. The third-order valence-corrected chi connectivity index (χ3v) is 5.76. The number of ether oxygens (including phenoxy) is 3. The van der Waals surface area contributed by atoms with Gasteiger partial charge < -0.3 is 19.3 Å². The summed E-state index contributed by atoms with van der Waals surface area (Å²) < 4.78 is 15.5. The molecule has 1 unspecified atom stereocenters. The smallest absolute Gasteiger partial charge is 0.331 e. The summed E-state index contributed by atoms with van der Waals surface area (Å²) in [5, 5.41) is 10.6. The molecule has 7 nitrogen and oxygen atoms in total. The number of aliphatic hydroxyl groups excluding tert-OH is 1. The molecule has 1 saturated carbocycles. The average Bonchev–Trinajstić information content (AvgIpc) is 3.44. The maximum absolute atomic E-state index is 12.7. The fourth-order valence-corrected chi connectivity index (χ4v) is 3.72. The Morgan fingerprint density at radius 2 is 2.00 bits per heavy atom. The Kier molecular flexibility index (Phi) is 6.41. The number of methoxy groups -OCH3 is 1. The summed E-state index contributed by atoms with van der Waals surface area (Å²) in [6.45, 7) is 3.31. The summed E-state index contributed by atoms with van der Waals surface area (Å²) in [5.74, 6) is -1.11. The van der Waals surface area contributed by atoms with E-state index in [-0.39, 0.29) is 5.78 Å². The normalized spacial score (nSPS) is 27.3. The minimum Gasteiger partial charge on any atom is -0.497 e. The third-order valence-electron chi connectivity index (χ3n) is 5.76. The van der Waals surface area contributed by atoms with Gasteiger partial charge in [0.1, 0.15) is 11.9 Å². The fraction of sp³-hybridized carbons (Fsp3) is 0.435. The zero-order chi connectivity index (χ0) is 21.9. The maximum atomic E-state index is 12.7. The number of ketones is 1. The molecule has 3 rings (SSSR count). The van der Waals surface area contributed by atoms with Crippen molar-refractivity contribution < 1.29 is 33.7 Å². The van der Waals surface area contributed by atoms with E-state index in [1.807, 2.05) is 0 Å². The standard InChI is InChI=1S/C23H26O7/c1-14(29-20(25)12-9-15-7-10-16(28-3)11-8-15)21(26)17-13-23(17,2)22(27)18-5-4-6-19(24)30-18/h4,6-12,14,17-18,22,27H,5,13H2,1-3H3/b12-9+/t14?,17-,18-,22-,23+/m1/s1. The van der Waals surface area contributed by atoms with Crippen molar-refractivity contribution in [2.24, 2.45) is 11.3 Å². The van der Waals surface area contributed by atoms with E-state index in [9.17, 15) is 19.5 Å². The van der Waals surface area contributed by atoms with Gasteiger partial charge in [-0.2, -0.15) is 0 Å². The molecule has 1 aromatic carbocycles. The van der Waals surface area contributed by atoms with Gasteiger partial charge in [-0.1, -0.05) is 25.1 Å². The summed E-state index contributed by atoms with van der Waals surface area (Å²) in [7, 11) is 1.57. The number of rotatable bonds is 8. The molecule has 1 heterocycles. The van der Waals surface area contributed by atoms with E-state index in [1.54, 1.807) is 50.5 Å². The van der Waals surface area contributed by atoms with Crippen molar-refractivity contribution in [3.63, 3.8) is 0 Å². The van der Waals surface area contributed by atoms with Gasteiger partial charge in [-0.15, -0.1) is 0 Å². The Bertz CT molecular complexity index is 870. The van der Waals surface area contributed by atoms with Crippen molar-refractivity contribution >= 4 is 23.8 Å². The number of hydrogen-bond donors (Lipinski definition) is 1. The number of cyclic esters (lactones) is 1. The summed E-state index contributed by atoms with van der Waals surface area (Å²) >= 11 is 0. The molecule has 1 aliphatic heterocycles. The minimum absolute atomic E-state index is 0.250. The summed E-state index contributed by atoms with van der Waals surface area (Å²) in [5.41, 5.74) is 0.0907. The lowest BCUT2D eigenvalue weighted by Crippen LogP contribution is -2.40. The first kappa shape index (κ1) is 21.8. The van der Waals surface area contributed by atoms with Crippen LogP contribution >= 0.6 is 0 Å². The minimum atomic E-state index is -0.960. The number of carbonyl (C=O) groups excluding carboxylic acids is 3. The molecule has 0 amide bonds. The van der Waals surface area contributed by atoms with Crippen molar-refractivity contribution in [2.45, 2.75) is 45.0 Å². The monoisotopic (exact) mass is 414 g/mol. The van der Waals surface area contributed by atoms with Crippen molar-refractivity contribution in [1.29, 1.82) is 0 Å². The van der Waals surface area contributed by atoms with Gasteiger partial charge in [-0.25, -0.2) is 9.59 Å². The highest BCUT2D eigenvalue weighted by Crippen LogP contribution is 2.57. The van der Waals surface area contributed by atoms with Crippen LogP contribution < -0.4 is 4.74 Å². The van der Waals surface area contributed by atoms with Crippen LogP contribution in [-0.4, -0.2) is 48.3 Å². The quantitative estimate of drug-likeness (QED) is 0.515. The van der Waals surface area contributed by atoms with E-state index in [0.717, 1.165) is 5.56 Å². The van der Waals surface area contributed by atoms with Crippen LogP contribution in [0.2, 0.25) is 0 Å². The highest BCUT2D eigenvalue weighted by Gasteiger charge is 2.61. The Hall–Kier alpha value is -2.93. The molecule has 1 fully saturated rings. The molecule has 2 aliphatic rings. The highest BCUT2D eigenvalue weighted by molar-refractivity contribution is 5.93. The zero-order valence-electron chi connectivity index (χ0n) is 17.2. The van der Waals surface area contributed by atoms with Crippen LogP contribution in [0, 0.1) is 11.3 Å². The van der Waals surface area contributed by atoms with Gasteiger partial charge >= 0.3 is 11.9 Å². The Labute approximate surface area is 175 Å². The molecule has 0 spiro atoms. The molecule has 7 heteroatoms. The van der Waals surface area contributed by atoms with Crippen LogP contribution in [0.5, 0.6) is 5.75 Å². The largest absolute Gasteiger partial charge is 0.497 e. The number of esters is 2. The Balaban J connectivity index is 1.53. The summed E-state index contributed by atoms with van der Waals surface area (Å²) in [4.78, 5) is 36.2. The number of Topliss-reactive ketones (excluding diaryl/α,β-unsaturated/α-hetero) is 1. The van der Waals surface area contributed by atoms with Crippen LogP contribution in [0.15, 0.2) is 42.5 Å². The molecule has 0 saturated heterocycles. The number of hydrogen-bond acceptors (Lipinski definition) is 7. The van der Waals surface area contributed by atoms with Crippen molar-refractivity contribution in [2.75, 3.05) is 7.11 Å². The van der Waals surface area contributed by atoms with Crippen LogP contribution in [0.4, 0.5) is 0 Å². The van der Waals surface area contributed by atoms with Gasteiger partial charge in [-0.05, 0) is 37.1 Å². The molecular weight excluding hydrogens is 388 g/mol. The molecular formula is C23H26O7. The Morgan fingerprint density at radius 1 is 1.30 bits per heavy atom. The first-order chi connectivity index (χ1) is 14.2. The average molecular weight is 414 g/mol. The molecule has 0 bridgehead atoms. The topological polar surface area (TPSA) is 99.1 Å². The molecule has 0 radical (unpaired) electrons. The van der Waals surface area contributed by atoms with Crippen molar-refractivity contribution in [1.82, 2.24) is 0 Å². The molecule has 1 aliphatic carbocycles. The van der Waals surface area contributed by atoms with Gasteiger partial charge in [0.15, 0.2) is 11.9 Å². The maximum Gasteiger partial charge on any atom is 0.331 e. The van der Waals surface area contributed by atoms with E-state index >= 15 is 0 Å². The highest BCUT2D eigenvalue weighted by atomic mass is 16.6. The number of benzene rings is 1. The lowest BCUT2D eigenvalue weighted by Gasteiger charge is -2.29. The summed E-state index contributed by atoms with van der Waals surface area (Å²) in [6.07, 6.45) is 4.12. The molecule has 5 atom stereocenters. The first-order valence-electron chi connectivity index (χ1n) is 9.86. The third kappa shape index (κ3) is 4.79. The lowest BCUT2D eigenvalue weighted by atomic mass is 9.90. The molecule has 160 valence electrons. The molecule has 0 aromatic heterocycles. The molecule has 30 heavy (non-hydrogen) atoms. The van der Waals surface area contributed by atoms with E-state index in [0.29, 0.717) is 18.6 Å². The second-order valence-corrected chi connectivity index (χ2v) is 7.91. The second kappa shape index (κ2) is 8.83. The van der Waals surface area contributed by atoms with E-state index < -0.39 is 41.6 Å². The number of carbonyl (C=O) groups is 3. The Morgan fingerprint density at radius 3 is 2.63 bits per heavy atom. The van der Waals surface area contributed by atoms with Crippen LogP contribution in [-0.2, 0) is 23.9 Å². The zero-order valence-corrected chi connectivity index (χ0v) is 17.2. The fourth-order valence-electron chi connectivity index (χ4n) is 3.72. The van der Waals surface area contributed by atoms with Crippen molar-refractivity contribution in [3.8, 4) is 5.75 Å². The second-order valence-electron chi connectivity index (χ2n) is 7.91. The van der Waals surface area contributed by atoms with E-state index in [1.165, 1.54) is 19.1 Å². The van der Waals surface area contributed by atoms with E-state index in [2.05, 4.69) is 0 Å². The predicted molar refractivity (Wildman–Crippen MR) is 108 cm³/mol. The van der Waals surface area contributed by atoms with E-state index in [4.69, 9.17) is 14.2 Å². The van der Waals surface area contributed by atoms with Gasteiger partial charge in [0, 0.05) is 29.9 Å². The van der Waals surface area contributed by atoms with Crippen molar-refractivity contribution in [3.05, 3.63) is 48.1 Å². The van der Waals surface area contributed by atoms with Crippen LogP contribution in [0.25, 0.3) is 6.08 Å². The van der Waals surface area contributed by atoms with Gasteiger partial charge in [0.2, 0.25) is 0 Å². The van der Waals surface area contributed by atoms with Gasteiger partial charge in [0.25, 0.3) is 0 Å². The molecule has 1 aromatic rings. The summed E-state index contributed by atoms with van der Waals surface area (Å²) in [6, 6.07) is 7.13. The lowest BCUT2D eigenvalue weighted by molar-refractivity contribution is -0.155. The van der Waals surface area contributed by atoms with Gasteiger partial charge in [-0.3, -0.25) is 4.79 Å². The molecule has 1 N–H and O–H groups in total. The predicted octanol–water partition coefficient (Wildman–Crippen LogP) is 2.47. The van der Waals surface area contributed by atoms with Crippen LogP contribution in [0.1, 0.15) is 32.3 Å². The first-order valence-corrected chi connectivity index (χ1v) is 9.86.